The highest BCUT2D eigenvalue weighted by atomic mass is 32.1. The normalized spacial score (nSPS) is 17.4. The van der Waals surface area contributed by atoms with Crippen molar-refractivity contribution in [2.45, 2.75) is 25.8 Å². The van der Waals surface area contributed by atoms with Gasteiger partial charge in [0.15, 0.2) is 0 Å². The van der Waals surface area contributed by atoms with Gasteiger partial charge in [0.05, 0.1) is 11.2 Å². The number of aryl methyl sites for hydroxylation is 1. The zero-order valence-electron chi connectivity index (χ0n) is 9.69. The van der Waals surface area contributed by atoms with E-state index in [-0.39, 0.29) is 5.91 Å². The molecule has 5 heteroatoms. The van der Waals surface area contributed by atoms with E-state index < -0.39 is 0 Å². The van der Waals surface area contributed by atoms with E-state index in [0.29, 0.717) is 6.04 Å². The zero-order valence-corrected chi connectivity index (χ0v) is 10.5. The van der Waals surface area contributed by atoms with Gasteiger partial charge < -0.3 is 10.2 Å². The van der Waals surface area contributed by atoms with E-state index in [0.717, 1.165) is 35.8 Å². The van der Waals surface area contributed by atoms with Crippen molar-refractivity contribution in [1.29, 1.82) is 0 Å². The Hall–Kier alpha value is -0.940. The maximum atomic E-state index is 12.1. The largest absolute Gasteiger partial charge is 0.338 e. The van der Waals surface area contributed by atoms with Crippen LogP contribution in [0, 0.1) is 6.92 Å². The summed E-state index contributed by atoms with van der Waals surface area (Å²) in [4.78, 5) is 18.9. The van der Waals surface area contributed by atoms with E-state index in [1.54, 1.807) is 6.20 Å². The molecule has 1 aromatic rings. The molecule has 0 unspecified atom stereocenters. The monoisotopic (exact) mass is 239 g/mol. The highest BCUT2D eigenvalue weighted by molar-refractivity contribution is 7.13. The Labute approximate surface area is 99.7 Å². The van der Waals surface area contributed by atoms with Crippen molar-refractivity contribution in [1.82, 2.24) is 15.2 Å². The number of aromatic nitrogens is 1. The van der Waals surface area contributed by atoms with E-state index in [9.17, 15) is 4.79 Å². The maximum Gasteiger partial charge on any atom is 0.265 e. The van der Waals surface area contributed by atoms with E-state index in [2.05, 4.69) is 10.3 Å². The van der Waals surface area contributed by atoms with Crippen LogP contribution in [0.1, 0.15) is 27.5 Å². The molecule has 1 aromatic heterocycles. The first kappa shape index (κ1) is 11.5. The number of nitrogens with zero attached hydrogens (tertiary/aromatic N) is 2. The first-order chi connectivity index (χ1) is 7.68. The molecule has 88 valence electrons. The molecule has 2 heterocycles. The second kappa shape index (κ2) is 4.93. The quantitative estimate of drug-likeness (QED) is 0.845. The van der Waals surface area contributed by atoms with E-state index in [1.165, 1.54) is 11.3 Å². The highest BCUT2D eigenvalue weighted by Crippen LogP contribution is 2.17. The van der Waals surface area contributed by atoms with Crippen molar-refractivity contribution in [3.63, 3.8) is 0 Å². The summed E-state index contributed by atoms with van der Waals surface area (Å²) in [6.07, 6.45) is 3.76. The van der Waals surface area contributed by atoms with Gasteiger partial charge in [-0.3, -0.25) is 4.79 Å². The Balaban J connectivity index is 2.03. The number of amides is 1. The molecule has 0 saturated carbocycles. The van der Waals surface area contributed by atoms with Gasteiger partial charge in [-0.05, 0) is 32.9 Å². The van der Waals surface area contributed by atoms with Gasteiger partial charge in [0.1, 0.15) is 4.88 Å². The number of nitrogens with one attached hydrogen (secondary N) is 1. The second-order valence-corrected chi connectivity index (χ2v) is 5.38. The van der Waals surface area contributed by atoms with E-state index in [4.69, 9.17) is 0 Å². The molecular formula is C11H17N3OS. The lowest BCUT2D eigenvalue weighted by Gasteiger charge is -2.31. The van der Waals surface area contributed by atoms with Crippen LogP contribution in [0.15, 0.2) is 6.20 Å². The van der Waals surface area contributed by atoms with Crippen LogP contribution in [0.3, 0.4) is 0 Å². The van der Waals surface area contributed by atoms with Crippen molar-refractivity contribution in [3.05, 3.63) is 16.1 Å². The number of hydrogen-bond donors (Lipinski definition) is 1. The molecule has 1 aliphatic rings. The standard InChI is InChI=1S/C11H17N3OS/c1-8-13-7-10(16-8)11(15)14(2)9-3-5-12-6-4-9/h7,9,12H,3-6H2,1-2H3. The third-order valence-corrected chi connectivity index (χ3v) is 3.91. The first-order valence-electron chi connectivity index (χ1n) is 5.59. The van der Waals surface area contributed by atoms with Crippen molar-refractivity contribution in [3.8, 4) is 0 Å². The predicted octanol–water partition coefficient (Wildman–Crippen LogP) is 1.28. The molecule has 0 bridgehead atoms. The lowest BCUT2D eigenvalue weighted by atomic mass is 10.1. The molecule has 1 amide bonds. The fourth-order valence-corrected chi connectivity index (χ4v) is 2.75. The molecule has 16 heavy (non-hydrogen) atoms. The summed E-state index contributed by atoms with van der Waals surface area (Å²) >= 11 is 1.47. The lowest BCUT2D eigenvalue weighted by molar-refractivity contribution is 0.0708. The molecule has 0 spiro atoms. The minimum Gasteiger partial charge on any atom is -0.338 e. The van der Waals surface area contributed by atoms with E-state index in [1.807, 2.05) is 18.9 Å². The third-order valence-electron chi connectivity index (χ3n) is 3.01. The summed E-state index contributed by atoms with van der Waals surface area (Å²) in [6, 6.07) is 0.371. The number of carbonyl (C=O) groups excluding carboxylic acids is 1. The van der Waals surface area contributed by atoms with Gasteiger partial charge in [-0.15, -0.1) is 11.3 Å². The van der Waals surface area contributed by atoms with Gasteiger partial charge in [-0.2, -0.15) is 0 Å². The molecule has 1 fully saturated rings. The molecule has 0 atom stereocenters. The fraction of sp³-hybridized carbons (Fsp3) is 0.636. The molecule has 0 aromatic carbocycles. The highest BCUT2D eigenvalue weighted by Gasteiger charge is 2.23. The number of thiazole rings is 1. The van der Waals surface area contributed by atoms with E-state index >= 15 is 0 Å². The van der Waals surface area contributed by atoms with Crippen LogP contribution in [0.5, 0.6) is 0 Å². The summed E-state index contributed by atoms with van der Waals surface area (Å²) in [7, 11) is 1.90. The Morgan fingerprint density at radius 2 is 2.25 bits per heavy atom. The average molecular weight is 239 g/mol. The molecule has 0 aliphatic carbocycles. The van der Waals surface area contributed by atoms with Crippen molar-refractivity contribution in [2.24, 2.45) is 0 Å². The number of rotatable bonds is 2. The van der Waals surface area contributed by atoms with Gasteiger partial charge in [0.25, 0.3) is 5.91 Å². The van der Waals surface area contributed by atoms with Crippen LogP contribution in [-0.2, 0) is 0 Å². The molecule has 1 saturated heterocycles. The zero-order chi connectivity index (χ0) is 11.5. The summed E-state index contributed by atoms with van der Waals surface area (Å²) in [5.41, 5.74) is 0. The molecule has 2 rings (SSSR count). The van der Waals surface area contributed by atoms with Crippen LogP contribution >= 0.6 is 11.3 Å². The van der Waals surface area contributed by atoms with Crippen LogP contribution in [0.2, 0.25) is 0 Å². The predicted molar refractivity (Wildman–Crippen MR) is 64.8 cm³/mol. The average Bonchev–Trinajstić information content (AvgIpc) is 2.75. The Morgan fingerprint density at radius 1 is 1.56 bits per heavy atom. The molecule has 1 N–H and O–H groups in total. The molecular weight excluding hydrogens is 222 g/mol. The van der Waals surface area contributed by atoms with Crippen LogP contribution in [0.4, 0.5) is 0 Å². The topological polar surface area (TPSA) is 45.2 Å². The number of carbonyl (C=O) groups is 1. The van der Waals surface area contributed by atoms with Gasteiger partial charge >= 0.3 is 0 Å². The van der Waals surface area contributed by atoms with Gasteiger partial charge in [-0.25, -0.2) is 4.98 Å². The summed E-state index contributed by atoms with van der Waals surface area (Å²) in [5, 5.41) is 4.25. The summed E-state index contributed by atoms with van der Waals surface area (Å²) < 4.78 is 0. The first-order valence-corrected chi connectivity index (χ1v) is 6.40. The number of hydrogen-bond acceptors (Lipinski definition) is 4. The maximum absolute atomic E-state index is 12.1. The molecule has 0 radical (unpaired) electrons. The van der Waals surface area contributed by atoms with Crippen molar-refractivity contribution >= 4 is 17.2 Å². The van der Waals surface area contributed by atoms with Crippen LogP contribution in [-0.4, -0.2) is 42.0 Å². The smallest absolute Gasteiger partial charge is 0.265 e. The Bertz CT molecular complexity index is 371. The Morgan fingerprint density at radius 3 is 2.81 bits per heavy atom. The lowest BCUT2D eigenvalue weighted by Crippen LogP contribution is -2.43. The summed E-state index contributed by atoms with van der Waals surface area (Å²) in [5.74, 6) is 0.109. The van der Waals surface area contributed by atoms with Gasteiger partial charge in [-0.1, -0.05) is 0 Å². The minimum absolute atomic E-state index is 0.109. The fourth-order valence-electron chi connectivity index (χ4n) is 1.99. The third kappa shape index (κ3) is 2.41. The Kier molecular flexibility index (Phi) is 3.56. The number of piperidine rings is 1. The van der Waals surface area contributed by atoms with Crippen molar-refractivity contribution < 1.29 is 4.79 Å². The van der Waals surface area contributed by atoms with Crippen LogP contribution < -0.4 is 5.32 Å². The SMILES string of the molecule is Cc1ncc(C(=O)N(C)C2CCNCC2)s1. The molecule has 1 aliphatic heterocycles. The van der Waals surface area contributed by atoms with Gasteiger partial charge in [0, 0.05) is 13.1 Å². The molecule has 4 nitrogen and oxygen atoms in total. The summed E-state index contributed by atoms with van der Waals surface area (Å²) in [6.45, 7) is 3.93. The van der Waals surface area contributed by atoms with Gasteiger partial charge in [0.2, 0.25) is 0 Å². The van der Waals surface area contributed by atoms with Crippen LogP contribution in [0.25, 0.3) is 0 Å². The van der Waals surface area contributed by atoms with Crippen molar-refractivity contribution in [2.75, 3.05) is 20.1 Å². The minimum atomic E-state index is 0.109. The second-order valence-electron chi connectivity index (χ2n) is 4.14.